The zero-order chi connectivity index (χ0) is 13.7. The largest absolute Gasteiger partial charge is 0.481 e. The molecule has 2 rings (SSSR count). The van der Waals surface area contributed by atoms with Crippen molar-refractivity contribution in [3.8, 4) is 11.6 Å². The van der Waals surface area contributed by atoms with Crippen molar-refractivity contribution >= 4 is 5.97 Å². The average Bonchev–Trinajstić information content (AvgIpc) is 2.97. The summed E-state index contributed by atoms with van der Waals surface area (Å²) < 4.78 is 10.3. The van der Waals surface area contributed by atoms with E-state index in [1.165, 1.54) is 0 Å². The van der Waals surface area contributed by atoms with E-state index >= 15 is 0 Å². The first-order valence-corrected chi connectivity index (χ1v) is 5.92. The lowest BCUT2D eigenvalue weighted by atomic mass is 10.3. The van der Waals surface area contributed by atoms with Crippen LogP contribution in [0.2, 0.25) is 0 Å². The number of carbonyl (C=O) groups is 1. The Balaban J connectivity index is 1.84. The van der Waals surface area contributed by atoms with Crippen molar-refractivity contribution in [3.63, 3.8) is 0 Å². The van der Waals surface area contributed by atoms with Gasteiger partial charge in [0, 0.05) is 6.42 Å². The molecule has 0 saturated heterocycles. The molecule has 7 heteroatoms. The molecule has 2 heterocycles. The van der Waals surface area contributed by atoms with Crippen molar-refractivity contribution in [1.29, 1.82) is 0 Å². The monoisotopic (exact) mass is 265 g/mol. The van der Waals surface area contributed by atoms with E-state index < -0.39 is 5.97 Å². The van der Waals surface area contributed by atoms with E-state index in [9.17, 15) is 4.79 Å². The molecule has 2 aromatic heterocycles. The summed E-state index contributed by atoms with van der Waals surface area (Å²) >= 11 is 0. The van der Waals surface area contributed by atoms with Crippen LogP contribution in [0.3, 0.4) is 0 Å². The van der Waals surface area contributed by atoms with Crippen LogP contribution in [0.25, 0.3) is 11.6 Å². The highest BCUT2D eigenvalue weighted by Gasteiger charge is 2.12. The maximum atomic E-state index is 10.4. The van der Waals surface area contributed by atoms with Gasteiger partial charge in [-0.15, -0.1) is 0 Å². The minimum absolute atomic E-state index is 0.159. The van der Waals surface area contributed by atoms with Crippen molar-refractivity contribution in [2.24, 2.45) is 0 Å². The van der Waals surface area contributed by atoms with Gasteiger partial charge < -0.3 is 14.0 Å². The molecule has 19 heavy (non-hydrogen) atoms. The molecule has 0 fully saturated rings. The molecule has 0 aliphatic carbocycles. The maximum Gasteiger partial charge on any atom is 0.303 e. The van der Waals surface area contributed by atoms with Crippen molar-refractivity contribution in [2.75, 3.05) is 13.6 Å². The fourth-order valence-corrected chi connectivity index (χ4v) is 1.64. The number of hydrogen-bond acceptors (Lipinski definition) is 6. The number of hydrogen-bond donors (Lipinski definition) is 1. The quantitative estimate of drug-likeness (QED) is 0.813. The van der Waals surface area contributed by atoms with Crippen LogP contribution in [0.1, 0.15) is 18.7 Å². The maximum absolute atomic E-state index is 10.4. The molecule has 0 amide bonds. The normalized spacial score (nSPS) is 11.1. The standard InChI is InChI=1S/C12H15N3O4/c1-15(6-2-5-11(16)17)8-10-13-12(14-19-10)9-4-3-7-18-9/h3-4,7H,2,5-6,8H2,1H3,(H,16,17). The summed E-state index contributed by atoms with van der Waals surface area (Å²) in [5, 5.41) is 12.4. The summed E-state index contributed by atoms with van der Waals surface area (Å²) in [6, 6.07) is 3.51. The van der Waals surface area contributed by atoms with E-state index in [2.05, 4.69) is 10.1 Å². The molecule has 0 saturated carbocycles. The Morgan fingerprint density at radius 1 is 1.53 bits per heavy atom. The van der Waals surface area contributed by atoms with E-state index in [0.717, 1.165) is 0 Å². The van der Waals surface area contributed by atoms with E-state index in [0.29, 0.717) is 37.0 Å². The van der Waals surface area contributed by atoms with Gasteiger partial charge in [-0.05, 0) is 32.1 Å². The lowest BCUT2D eigenvalue weighted by Gasteiger charge is -2.12. The first-order valence-electron chi connectivity index (χ1n) is 5.92. The summed E-state index contributed by atoms with van der Waals surface area (Å²) in [5.41, 5.74) is 0. The van der Waals surface area contributed by atoms with Gasteiger partial charge in [-0.2, -0.15) is 4.98 Å². The van der Waals surface area contributed by atoms with E-state index in [1.807, 2.05) is 11.9 Å². The molecule has 0 radical (unpaired) electrons. The Labute approximate surface area is 109 Å². The molecular weight excluding hydrogens is 250 g/mol. The minimum atomic E-state index is -0.786. The van der Waals surface area contributed by atoms with Crippen LogP contribution in [0.5, 0.6) is 0 Å². The SMILES string of the molecule is CN(CCCC(=O)O)Cc1nc(-c2ccco2)no1. The number of carboxylic acids is 1. The second-order valence-corrected chi connectivity index (χ2v) is 4.22. The lowest BCUT2D eigenvalue weighted by molar-refractivity contribution is -0.137. The molecule has 0 unspecified atom stereocenters. The third kappa shape index (κ3) is 3.92. The third-order valence-corrected chi connectivity index (χ3v) is 2.55. The molecule has 0 aliphatic heterocycles. The van der Waals surface area contributed by atoms with Gasteiger partial charge in [0.1, 0.15) is 0 Å². The van der Waals surface area contributed by atoms with Gasteiger partial charge >= 0.3 is 5.97 Å². The zero-order valence-corrected chi connectivity index (χ0v) is 10.6. The van der Waals surface area contributed by atoms with Crippen molar-refractivity contribution in [3.05, 3.63) is 24.3 Å². The molecule has 0 aromatic carbocycles. The van der Waals surface area contributed by atoms with Crippen LogP contribution in [-0.4, -0.2) is 39.7 Å². The summed E-state index contributed by atoms with van der Waals surface area (Å²) in [7, 11) is 1.87. The minimum Gasteiger partial charge on any atom is -0.481 e. The van der Waals surface area contributed by atoms with Gasteiger partial charge in [-0.25, -0.2) is 0 Å². The highest BCUT2D eigenvalue weighted by molar-refractivity contribution is 5.66. The number of aromatic nitrogens is 2. The fraction of sp³-hybridized carbons (Fsp3) is 0.417. The third-order valence-electron chi connectivity index (χ3n) is 2.55. The Hall–Kier alpha value is -2.15. The molecule has 1 N–H and O–H groups in total. The van der Waals surface area contributed by atoms with Gasteiger partial charge in [0.05, 0.1) is 12.8 Å². The van der Waals surface area contributed by atoms with Gasteiger partial charge in [-0.3, -0.25) is 9.69 Å². The topological polar surface area (TPSA) is 92.6 Å². The molecule has 2 aromatic rings. The van der Waals surface area contributed by atoms with Crippen LogP contribution < -0.4 is 0 Å². The predicted molar refractivity (Wildman–Crippen MR) is 65.2 cm³/mol. The van der Waals surface area contributed by atoms with Gasteiger partial charge in [-0.1, -0.05) is 5.16 Å². The smallest absolute Gasteiger partial charge is 0.303 e. The van der Waals surface area contributed by atoms with Crippen LogP contribution in [0.15, 0.2) is 27.3 Å². The van der Waals surface area contributed by atoms with Crippen molar-refractivity contribution < 1.29 is 18.8 Å². The van der Waals surface area contributed by atoms with Crippen molar-refractivity contribution in [2.45, 2.75) is 19.4 Å². The summed E-state index contributed by atoms with van der Waals surface area (Å²) in [6.45, 7) is 1.14. The first kappa shape index (κ1) is 13.3. The second-order valence-electron chi connectivity index (χ2n) is 4.22. The molecular formula is C12H15N3O4. The highest BCUT2D eigenvalue weighted by atomic mass is 16.5. The average molecular weight is 265 g/mol. The zero-order valence-electron chi connectivity index (χ0n) is 10.6. The van der Waals surface area contributed by atoms with Crippen molar-refractivity contribution in [1.82, 2.24) is 15.0 Å². The van der Waals surface area contributed by atoms with E-state index in [4.69, 9.17) is 14.0 Å². The Morgan fingerprint density at radius 3 is 3.05 bits per heavy atom. The molecule has 0 spiro atoms. The predicted octanol–water partition coefficient (Wildman–Crippen LogP) is 1.63. The number of carboxylic acid groups (broad SMARTS) is 1. The van der Waals surface area contributed by atoms with Crippen LogP contribution >= 0.6 is 0 Å². The number of rotatable bonds is 7. The van der Waals surface area contributed by atoms with Gasteiger partial charge in [0.15, 0.2) is 5.76 Å². The Bertz CT molecular complexity index is 521. The van der Waals surface area contributed by atoms with E-state index in [1.54, 1.807) is 18.4 Å². The molecule has 0 atom stereocenters. The Kier molecular flexibility index (Phi) is 4.30. The van der Waals surface area contributed by atoms with Crippen LogP contribution in [0, 0.1) is 0 Å². The molecule has 102 valence electrons. The number of aliphatic carboxylic acids is 1. The highest BCUT2D eigenvalue weighted by Crippen LogP contribution is 2.16. The Morgan fingerprint density at radius 2 is 2.37 bits per heavy atom. The molecule has 0 aliphatic rings. The summed E-state index contributed by atoms with van der Waals surface area (Å²) in [4.78, 5) is 16.5. The van der Waals surface area contributed by atoms with Gasteiger partial charge in [0.25, 0.3) is 0 Å². The first-order chi connectivity index (χ1) is 9.15. The lowest BCUT2D eigenvalue weighted by Crippen LogP contribution is -2.20. The fourth-order valence-electron chi connectivity index (χ4n) is 1.64. The summed E-state index contributed by atoms with van der Waals surface area (Å²) in [6.07, 6.45) is 2.29. The molecule has 0 bridgehead atoms. The van der Waals surface area contributed by atoms with Crippen LogP contribution in [0.4, 0.5) is 0 Å². The van der Waals surface area contributed by atoms with E-state index in [-0.39, 0.29) is 6.42 Å². The van der Waals surface area contributed by atoms with Gasteiger partial charge in [0.2, 0.25) is 11.7 Å². The number of furan rings is 1. The number of nitrogens with zero attached hydrogens (tertiary/aromatic N) is 3. The summed E-state index contributed by atoms with van der Waals surface area (Å²) in [5.74, 6) is 0.665. The molecule has 7 nitrogen and oxygen atoms in total. The second kappa shape index (κ2) is 6.14. The van der Waals surface area contributed by atoms with Crippen LogP contribution in [-0.2, 0) is 11.3 Å².